The number of pyridine rings is 1. The molecule has 1 aromatic carbocycles. The number of aromatic nitrogens is 1. The summed E-state index contributed by atoms with van der Waals surface area (Å²) < 4.78 is 32.7. The molecule has 0 bridgehead atoms. The molecule has 0 amide bonds. The molecule has 2 aromatic rings. The lowest BCUT2D eigenvalue weighted by atomic mass is 10.1. The third kappa shape index (κ3) is 4.66. The highest BCUT2D eigenvalue weighted by Crippen LogP contribution is 2.16. The Morgan fingerprint density at radius 3 is 2.69 bits per heavy atom. The van der Waals surface area contributed by atoms with Gasteiger partial charge in [0, 0.05) is 19.3 Å². The molecule has 140 valence electrons. The molecule has 26 heavy (non-hydrogen) atoms. The first-order valence-corrected chi connectivity index (χ1v) is 9.93. The van der Waals surface area contributed by atoms with Crippen LogP contribution in [0.3, 0.4) is 0 Å². The van der Waals surface area contributed by atoms with Crippen LogP contribution < -0.4 is 10.0 Å². The van der Waals surface area contributed by atoms with Crippen molar-refractivity contribution in [1.29, 1.82) is 0 Å². The second kappa shape index (κ2) is 8.24. The van der Waals surface area contributed by atoms with E-state index in [4.69, 9.17) is 4.74 Å². The van der Waals surface area contributed by atoms with Crippen LogP contribution in [0.1, 0.15) is 11.3 Å². The van der Waals surface area contributed by atoms with Crippen molar-refractivity contribution in [2.75, 3.05) is 13.2 Å². The smallest absolute Gasteiger partial charge is 0.240 e. The Morgan fingerprint density at radius 1 is 1.23 bits per heavy atom. The Morgan fingerprint density at radius 2 is 2.00 bits per heavy atom. The molecule has 1 fully saturated rings. The number of aliphatic hydroxyl groups excluding tert-OH is 1. The molecule has 1 aliphatic rings. The van der Waals surface area contributed by atoms with E-state index in [0.29, 0.717) is 13.2 Å². The van der Waals surface area contributed by atoms with Gasteiger partial charge >= 0.3 is 0 Å². The highest BCUT2D eigenvalue weighted by Gasteiger charge is 2.36. The maximum Gasteiger partial charge on any atom is 0.240 e. The zero-order chi connectivity index (χ0) is 18.6. The quantitative estimate of drug-likeness (QED) is 0.653. The number of hydrogen-bond donors (Lipinski definition) is 3. The molecule has 0 aliphatic carbocycles. The van der Waals surface area contributed by atoms with Crippen LogP contribution >= 0.6 is 0 Å². The number of benzene rings is 1. The van der Waals surface area contributed by atoms with Crippen LogP contribution in [0.5, 0.6) is 0 Å². The largest absolute Gasteiger partial charge is 0.389 e. The van der Waals surface area contributed by atoms with Gasteiger partial charge in [-0.25, -0.2) is 13.1 Å². The third-order valence-corrected chi connectivity index (χ3v) is 5.80. The minimum atomic E-state index is -3.63. The SMILES string of the molecule is Cc1ccc(S(=O)(=O)NC[C@H]2OC[C@@H](NCc3ccccn3)[C@@H]2O)cc1. The van der Waals surface area contributed by atoms with Crippen LogP contribution in [-0.2, 0) is 21.3 Å². The molecule has 1 aromatic heterocycles. The summed E-state index contributed by atoms with van der Waals surface area (Å²) >= 11 is 0. The van der Waals surface area contributed by atoms with Crippen LogP contribution in [0.25, 0.3) is 0 Å². The summed E-state index contributed by atoms with van der Waals surface area (Å²) in [4.78, 5) is 4.41. The van der Waals surface area contributed by atoms with Crippen molar-refractivity contribution < 1.29 is 18.3 Å². The van der Waals surface area contributed by atoms with E-state index in [1.54, 1.807) is 30.5 Å². The Kier molecular flexibility index (Phi) is 6.00. The zero-order valence-corrected chi connectivity index (χ0v) is 15.3. The van der Waals surface area contributed by atoms with Gasteiger partial charge in [-0.3, -0.25) is 4.98 Å². The van der Waals surface area contributed by atoms with Crippen LogP contribution in [0.2, 0.25) is 0 Å². The fraction of sp³-hybridized carbons (Fsp3) is 0.389. The molecule has 3 atom stereocenters. The van der Waals surface area contributed by atoms with Gasteiger partial charge in [0.15, 0.2) is 0 Å². The molecule has 0 radical (unpaired) electrons. The number of aryl methyl sites for hydroxylation is 1. The van der Waals surface area contributed by atoms with Gasteiger partial charge in [-0.2, -0.15) is 0 Å². The van der Waals surface area contributed by atoms with Crippen molar-refractivity contribution in [3.05, 3.63) is 59.9 Å². The maximum absolute atomic E-state index is 12.3. The number of aliphatic hydroxyl groups is 1. The molecule has 0 spiro atoms. The Hall–Kier alpha value is -1.84. The number of rotatable bonds is 7. The van der Waals surface area contributed by atoms with Crippen molar-refractivity contribution in [3.8, 4) is 0 Å². The van der Waals surface area contributed by atoms with Crippen LogP contribution in [0, 0.1) is 6.92 Å². The summed E-state index contributed by atoms with van der Waals surface area (Å²) in [6, 6.07) is 12.0. The van der Waals surface area contributed by atoms with Gasteiger partial charge in [0.2, 0.25) is 10.0 Å². The van der Waals surface area contributed by atoms with Gasteiger partial charge < -0.3 is 15.2 Å². The van der Waals surface area contributed by atoms with E-state index >= 15 is 0 Å². The van der Waals surface area contributed by atoms with Crippen molar-refractivity contribution >= 4 is 10.0 Å². The van der Waals surface area contributed by atoms with E-state index in [9.17, 15) is 13.5 Å². The molecule has 7 nitrogen and oxygen atoms in total. The summed E-state index contributed by atoms with van der Waals surface area (Å²) in [7, 11) is -3.63. The second-order valence-electron chi connectivity index (χ2n) is 6.34. The minimum absolute atomic E-state index is 0.0130. The number of nitrogens with zero attached hydrogens (tertiary/aromatic N) is 1. The first-order chi connectivity index (χ1) is 12.5. The maximum atomic E-state index is 12.3. The Labute approximate surface area is 153 Å². The number of sulfonamides is 1. The summed E-state index contributed by atoms with van der Waals surface area (Å²) in [5, 5.41) is 13.6. The normalized spacial score (nSPS) is 23.2. The number of nitrogens with one attached hydrogen (secondary N) is 2. The van der Waals surface area contributed by atoms with Crippen LogP contribution in [-0.4, -0.2) is 49.9 Å². The lowest BCUT2D eigenvalue weighted by Crippen LogP contribution is -2.44. The molecule has 3 N–H and O–H groups in total. The Bertz CT molecular complexity index is 812. The molecule has 3 rings (SSSR count). The Balaban J connectivity index is 1.52. The highest BCUT2D eigenvalue weighted by molar-refractivity contribution is 7.89. The summed E-state index contributed by atoms with van der Waals surface area (Å²) in [6.45, 7) is 2.72. The van der Waals surface area contributed by atoms with Gasteiger partial charge in [-0.1, -0.05) is 23.8 Å². The zero-order valence-electron chi connectivity index (χ0n) is 14.5. The van der Waals surface area contributed by atoms with E-state index in [-0.39, 0.29) is 17.5 Å². The summed E-state index contributed by atoms with van der Waals surface area (Å²) in [5.41, 5.74) is 1.85. The minimum Gasteiger partial charge on any atom is -0.389 e. The summed E-state index contributed by atoms with van der Waals surface area (Å²) in [5.74, 6) is 0. The lowest BCUT2D eigenvalue weighted by molar-refractivity contribution is 0.0443. The molecule has 2 heterocycles. The third-order valence-electron chi connectivity index (χ3n) is 4.36. The first-order valence-electron chi connectivity index (χ1n) is 8.45. The molecule has 0 saturated carbocycles. The summed E-state index contributed by atoms with van der Waals surface area (Å²) in [6.07, 6.45) is 0.303. The number of hydrogen-bond acceptors (Lipinski definition) is 6. The van der Waals surface area contributed by atoms with Gasteiger partial charge in [0.1, 0.15) is 0 Å². The number of ether oxygens (including phenoxy) is 1. The average Bonchev–Trinajstić information content (AvgIpc) is 2.99. The van der Waals surface area contributed by atoms with Gasteiger partial charge in [0.25, 0.3) is 0 Å². The lowest BCUT2D eigenvalue weighted by Gasteiger charge is -2.19. The van der Waals surface area contributed by atoms with Crippen molar-refractivity contribution in [2.24, 2.45) is 0 Å². The second-order valence-corrected chi connectivity index (χ2v) is 8.10. The van der Waals surface area contributed by atoms with E-state index in [1.807, 2.05) is 25.1 Å². The van der Waals surface area contributed by atoms with Gasteiger partial charge in [-0.15, -0.1) is 0 Å². The monoisotopic (exact) mass is 377 g/mol. The van der Waals surface area contributed by atoms with E-state index in [1.165, 1.54) is 0 Å². The molecule has 8 heteroatoms. The van der Waals surface area contributed by atoms with E-state index in [0.717, 1.165) is 11.3 Å². The fourth-order valence-electron chi connectivity index (χ4n) is 2.77. The van der Waals surface area contributed by atoms with Crippen molar-refractivity contribution in [3.63, 3.8) is 0 Å². The topological polar surface area (TPSA) is 101 Å². The van der Waals surface area contributed by atoms with E-state index in [2.05, 4.69) is 15.0 Å². The van der Waals surface area contributed by atoms with Crippen LogP contribution in [0.15, 0.2) is 53.6 Å². The van der Waals surface area contributed by atoms with Crippen molar-refractivity contribution in [2.45, 2.75) is 36.6 Å². The predicted octanol–water partition coefficient (Wildman–Crippen LogP) is 0.586. The van der Waals surface area contributed by atoms with Crippen molar-refractivity contribution in [1.82, 2.24) is 15.0 Å². The predicted molar refractivity (Wildman–Crippen MR) is 97.0 cm³/mol. The van der Waals surface area contributed by atoms with Crippen LogP contribution in [0.4, 0.5) is 0 Å². The molecule has 1 aliphatic heterocycles. The highest BCUT2D eigenvalue weighted by atomic mass is 32.2. The molecule has 0 unspecified atom stereocenters. The first kappa shape index (κ1) is 18.9. The average molecular weight is 377 g/mol. The van der Waals surface area contributed by atoms with Gasteiger partial charge in [0.05, 0.1) is 35.4 Å². The van der Waals surface area contributed by atoms with Gasteiger partial charge in [-0.05, 0) is 31.2 Å². The fourth-order valence-corrected chi connectivity index (χ4v) is 3.82. The molecular weight excluding hydrogens is 354 g/mol. The van der Waals surface area contributed by atoms with E-state index < -0.39 is 22.2 Å². The molecule has 1 saturated heterocycles. The molecular formula is C18H23N3O4S. The standard InChI is InChI=1S/C18H23N3O4S/c1-13-5-7-15(8-6-13)26(23,24)21-11-17-18(22)16(12-25-17)20-10-14-4-2-3-9-19-14/h2-9,16-18,20-22H,10-12H2,1H3/t16-,17-,18+/m1/s1.